The number of ether oxygens (including phenoxy) is 2. The first-order chi connectivity index (χ1) is 8.56. The number of methoxy groups -OCH3 is 1. The zero-order chi connectivity index (χ0) is 12.9. The Morgan fingerprint density at radius 2 is 1.56 bits per heavy atom. The predicted molar refractivity (Wildman–Crippen MR) is 68.1 cm³/mol. The fourth-order valence-electron chi connectivity index (χ4n) is 5.33. The quantitative estimate of drug-likeness (QED) is 0.704. The van der Waals surface area contributed by atoms with Gasteiger partial charge in [-0.05, 0) is 61.7 Å². The Balaban J connectivity index is 1.91. The highest BCUT2D eigenvalue weighted by Gasteiger charge is 2.61. The van der Waals surface area contributed by atoms with Gasteiger partial charge in [-0.3, -0.25) is 0 Å². The lowest BCUT2D eigenvalue weighted by Gasteiger charge is -2.61. The minimum absolute atomic E-state index is 0.249. The zero-order valence-electron chi connectivity index (χ0n) is 11.6. The Hall–Kier alpha value is -0.730. The number of hydrogen-bond acceptors (Lipinski definition) is 3. The van der Waals surface area contributed by atoms with E-state index < -0.39 is 6.16 Å². The van der Waals surface area contributed by atoms with Crippen LogP contribution in [0.2, 0.25) is 0 Å². The van der Waals surface area contributed by atoms with E-state index in [1.54, 1.807) is 0 Å². The maximum Gasteiger partial charge on any atom is 0.508 e. The van der Waals surface area contributed by atoms with Gasteiger partial charge in [0, 0.05) is 0 Å². The molecule has 0 saturated heterocycles. The summed E-state index contributed by atoms with van der Waals surface area (Å²) in [4.78, 5) is 11.7. The van der Waals surface area contributed by atoms with E-state index in [-0.39, 0.29) is 5.60 Å². The fraction of sp³-hybridized carbons (Fsp3) is 0.933. The lowest BCUT2D eigenvalue weighted by molar-refractivity contribution is -0.204. The van der Waals surface area contributed by atoms with Crippen LogP contribution in [-0.4, -0.2) is 18.9 Å². The van der Waals surface area contributed by atoms with Gasteiger partial charge in [0.25, 0.3) is 0 Å². The molecule has 3 heteroatoms. The molecule has 0 amide bonds. The van der Waals surface area contributed by atoms with E-state index in [0.29, 0.717) is 17.8 Å². The van der Waals surface area contributed by atoms with Crippen molar-refractivity contribution in [1.82, 2.24) is 0 Å². The van der Waals surface area contributed by atoms with Crippen LogP contribution < -0.4 is 0 Å². The van der Waals surface area contributed by atoms with Crippen molar-refractivity contribution >= 4 is 6.16 Å². The van der Waals surface area contributed by atoms with Gasteiger partial charge in [-0.15, -0.1) is 0 Å². The average molecular weight is 252 g/mol. The molecule has 0 spiro atoms. The van der Waals surface area contributed by atoms with Crippen molar-refractivity contribution in [2.45, 2.75) is 51.6 Å². The molecule has 4 bridgehead atoms. The van der Waals surface area contributed by atoms with E-state index in [1.807, 2.05) is 0 Å². The third-order valence-corrected chi connectivity index (χ3v) is 5.74. The van der Waals surface area contributed by atoms with Crippen molar-refractivity contribution in [2.75, 3.05) is 7.11 Å². The van der Waals surface area contributed by atoms with Crippen LogP contribution in [-0.2, 0) is 9.47 Å². The normalized spacial score (nSPS) is 45.3. The molecule has 0 aromatic heterocycles. The molecule has 0 atom stereocenters. The molecular formula is C15H24O3. The van der Waals surface area contributed by atoms with Crippen molar-refractivity contribution in [3.8, 4) is 0 Å². The Morgan fingerprint density at radius 1 is 1.06 bits per heavy atom. The van der Waals surface area contributed by atoms with E-state index in [9.17, 15) is 4.79 Å². The van der Waals surface area contributed by atoms with Gasteiger partial charge in [0.1, 0.15) is 5.60 Å². The van der Waals surface area contributed by atoms with E-state index >= 15 is 0 Å². The lowest BCUT2D eigenvalue weighted by atomic mass is 9.47. The van der Waals surface area contributed by atoms with Gasteiger partial charge in [0.15, 0.2) is 0 Å². The van der Waals surface area contributed by atoms with Crippen LogP contribution in [0.1, 0.15) is 46.0 Å². The second-order valence-corrected chi connectivity index (χ2v) is 6.87. The number of hydrogen-bond donors (Lipinski definition) is 0. The van der Waals surface area contributed by atoms with Crippen LogP contribution in [0.5, 0.6) is 0 Å². The molecule has 0 aromatic rings. The monoisotopic (exact) mass is 252 g/mol. The van der Waals surface area contributed by atoms with Crippen LogP contribution in [0.15, 0.2) is 0 Å². The Labute approximate surface area is 109 Å². The first-order valence-corrected chi connectivity index (χ1v) is 7.33. The molecule has 0 radical (unpaired) electrons. The Bertz CT molecular complexity index is 320. The number of rotatable bonds is 2. The van der Waals surface area contributed by atoms with Gasteiger partial charge in [0.2, 0.25) is 0 Å². The molecule has 4 rings (SSSR count). The summed E-state index contributed by atoms with van der Waals surface area (Å²) in [5.74, 6) is 3.29. The molecule has 4 saturated carbocycles. The smallest absolute Gasteiger partial charge is 0.438 e. The Morgan fingerprint density at radius 3 is 1.94 bits per heavy atom. The summed E-state index contributed by atoms with van der Waals surface area (Å²) in [7, 11) is 1.41. The lowest BCUT2D eigenvalue weighted by Crippen LogP contribution is -2.62. The highest BCUT2D eigenvalue weighted by molar-refractivity contribution is 5.60. The van der Waals surface area contributed by atoms with Crippen molar-refractivity contribution in [3.05, 3.63) is 0 Å². The maximum absolute atomic E-state index is 11.7. The number of carbonyl (C=O) groups excluding carboxylic acids is 1. The minimum Gasteiger partial charge on any atom is -0.438 e. The molecular weight excluding hydrogens is 228 g/mol. The molecule has 102 valence electrons. The summed E-state index contributed by atoms with van der Waals surface area (Å²) in [6.07, 6.45) is 5.94. The van der Waals surface area contributed by atoms with E-state index in [0.717, 1.165) is 11.8 Å². The van der Waals surface area contributed by atoms with Crippen molar-refractivity contribution in [2.24, 2.45) is 29.6 Å². The molecule has 4 aliphatic rings. The van der Waals surface area contributed by atoms with Crippen molar-refractivity contribution < 1.29 is 14.3 Å². The Kier molecular flexibility index (Phi) is 2.83. The van der Waals surface area contributed by atoms with Crippen molar-refractivity contribution in [1.29, 1.82) is 0 Å². The molecule has 0 unspecified atom stereocenters. The fourth-order valence-corrected chi connectivity index (χ4v) is 5.33. The van der Waals surface area contributed by atoms with E-state index in [2.05, 4.69) is 13.8 Å². The molecule has 0 aromatic carbocycles. The third-order valence-electron chi connectivity index (χ3n) is 5.74. The van der Waals surface area contributed by atoms with Gasteiger partial charge in [-0.25, -0.2) is 4.79 Å². The minimum atomic E-state index is -0.490. The topological polar surface area (TPSA) is 35.5 Å². The SMILES string of the molecule is COC(=O)OC1(C(C)C)C2CC3CC(C2)CC1C3. The molecule has 3 nitrogen and oxygen atoms in total. The van der Waals surface area contributed by atoms with Gasteiger partial charge in [-0.1, -0.05) is 13.8 Å². The van der Waals surface area contributed by atoms with Crippen molar-refractivity contribution in [3.63, 3.8) is 0 Å². The van der Waals surface area contributed by atoms with Crippen LogP contribution in [0, 0.1) is 29.6 Å². The van der Waals surface area contributed by atoms with Crippen LogP contribution >= 0.6 is 0 Å². The predicted octanol–water partition coefficient (Wildman–Crippen LogP) is 3.62. The largest absolute Gasteiger partial charge is 0.508 e. The standard InChI is InChI=1S/C15H24O3/c1-9(2)15(18-14(16)17-3)12-5-10-4-11(7-12)8-13(15)6-10/h9-13H,4-8H2,1-3H3. The van der Waals surface area contributed by atoms with Gasteiger partial charge in [0.05, 0.1) is 7.11 Å². The van der Waals surface area contributed by atoms with Gasteiger partial charge < -0.3 is 9.47 Å². The third kappa shape index (κ3) is 1.59. The summed E-state index contributed by atoms with van der Waals surface area (Å²) in [6.45, 7) is 4.40. The average Bonchev–Trinajstić information content (AvgIpc) is 2.32. The first kappa shape index (κ1) is 12.3. The molecule has 18 heavy (non-hydrogen) atoms. The summed E-state index contributed by atoms with van der Waals surface area (Å²) in [6, 6.07) is 0. The van der Waals surface area contributed by atoms with E-state index in [1.165, 1.54) is 39.2 Å². The highest BCUT2D eigenvalue weighted by Crippen LogP contribution is 2.61. The number of carbonyl (C=O) groups is 1. The summed E-state index contributed by atoms with van der Waals surface area (Å²) < 4.78 is 10.6. The van der Waals surface area contributed by atoms with Crippen LogP contribution in [0.25, 0.3) is 0 Å². The molecule has 0 heterocycles. The molecule has 0 N–H and O–H groups in total. The molecule has 0 aliphatic heterocycles. The second-order valence-electron chi connectivity index (χ2n) is 6.87. The highest BCUT2D eigenvalue weighted by atomic mass is 16.7. The zero-order valence-corrected chi connectivity index (χ0v) is 11.6. The van der Waals surface area contributed by atoms with E-state index in [4.69, 9.17) is 9.47 Å². The summed E-state index contributed by atoms with van der Waals surface area (Å²) in [5, 5.41) is 0. The summed E-state index contributed by atoms with van der Waals surface area (Å²) >= 11 is 0. The molecule has 4 fully saturated rings. The summed E-state index contributed by atoms with van der Waals surface area (Å²) in [5.41, 5.74) is -0.249. The van der Waals surface area contributed by atoms with Crippen LogP contribution in [0.3, 0.4) is 0 Å². The molecule has 4 aliphatic carbocycles. The second kappa shape index (κ2) is 4.14. The van der Waals surface area contributed by atoms with Crippen LogP contribution in [0.4, 0.5) is 4.79 Å². The van der Waals surface area contributed by atoms with Gasteiger partial charge in [-0.2, -0.15) is 0 Å². The first-order valence-electron chi connectivity index (χ1n) is 7.33. The maximum atomic E-state index is 11.7. The van der Waals surface area contributed by atoms with Gasteiger partial charge >= 0.3 is 6.16 Å².